The van der Waals surface area contributed by atoms with E-state index < -0.39 is 0 Å². The topological polar surface area (TPSA) is 35.8 Å². The number of rotatable bonds is 3. The molecule has 0 fully saturated rings. The quantitative estimate of drug-likeness (QED) is 0.641. The number of benzene rings is 1. The lowest BCUT2D eigenvalue weighted by Gasteiger charge is -2.36. The second-order valence-electron chi connectivity index (χ2n) is 4.64. The van der Waals surface area contributed by atoms with Crippen molar-refractivity contribution in [3.63, 3.8) is 0 Å². The molecule has 0 spiro atoms. The van der Waals surface area contributed by atoms with E-state index in [0.717, 1.165) is 24.2 Å². The summed E-state index contributed by atoms with van der Waals surface area (Å²) in [6, 6.07) is 8.74. The van der Waals surface area contributed by atoms with E-state index in [4.69, 9.17) is 5.21 Å². The predicted molar refractivity (Wildman–Crippen MR) is 71.1 cm³/mol. The fourth-order valence-corrected chi connectivity index (χ4v) is 2.58. The first kappa shape index (κ1) is 12.0. The van der Waals surface area contributed by atoms with E-state index >= 15 is 0 Å². The molecule has 0 amide bonds. The van der Waals surface area contributed by atoms with Crippen LogP contribution in [0, 0.1) is 0 Å². The normalized spacial score (nSPS) is 19.2. The van der Waals surface area contributed by atoms with Gasteiger partial charge in [-0.15, -0.1) is 0 Å². The third-order valence-electron chi connectivity index (χ3n) is 3.47. The van der Waals surface area contributed by atoms with Gasteiger partial charge in [-0.2, -0.15) is 0 Å². The molecule has 1 atom stereocenters. The van der Waals surface area contributed by atoms with Crippen LogP contribution in [0.1, 0.15) is 38.7 Å². The SMILES string of the molecule is CCCC(C)N1CC/C(=N/O)c2ccccc21. The van der Waals surface area contributed by atoms with Crippen molar-refractivity contribution >= 4 is 11.4 Å². The standard InChI is InChI=1S/C14H20N2O/c1-3-6-11(2)16-10-9-13(15-17)12-7-4-5-8-14(12)16/h4-5,7-8,11,17H,3,6,9-10H2,1-2H3/b15-13-. The van der Waals surface area contributed by atoms with Gasteiger partial charge in [0.2, 0.25) is 0 Å². The number of fused-ring (bicyclic) bond motifs is 1. The average Bonchev–Trinajstić information content (AvgIpc) is 2.37. The number of oxime groups is 1. The zero-order valence-corrected chi connectivity index (χ0v) is 10.6. The van der Waals surface area contributed by atoms with Crippen molar-refractivity contribution in [1.29, 1.82) is 0 Å². The predicted octanol–water partition coefficient (Wildman–Crippen LogP) is 3.26. The second-order valence-corrected chi connectivity index (χ2v) is 4.64. The number of hydrogen-bond donors (Lipinski definition) is 1. The average molecular weight is 232 g/mol. The Bertz CT molecular complexity index is 414. The highest BCUT2D eigenvalue weighted by Gasteiger charge is 2.24. The summed E-state index contributed by atoms with van der Waals surface area (Å²) in [4.78, 5) is 2.42. The van der Waals surface area contributed by atoms with Crippen LogP contribution in [0.15, 0.2) is 29.4 Å². The highest BCUT2D eigenvalue weighted by molar-refractivity contribution is 6.06. The third-order valence-corrected chi connectivity index (χ3v) is 3.47. The van der Waals surface area contributed by atoms with E-state index in [1.165, 1.54) is 18.5 Å². The van der Waals surface area contributed by atoms with Crippen LogP contribution in [0.25, 0.3) is 0 Å². The molecular formula is C14H20N2O. The maximum atomic E-state index is 9.04. The highest BCUT2D eigenvalue weighted by Crippen LogP contribution is 2.29. The van der Waals surface area contributed by atoms with E-state index in [2.05, 4.69) is 30.0 Å². The molecule has 0 radical (unpaired) electrons. The Morgan fingerprint density at radius 1 is 1.41 bits per heavy atom. The van der Waals surface area contributed by atoms with Gasteiger partial charge in [0, 0.05) is 30.3 Å². The summed E-state index contributed by atoms with van der Waals surface area (Å²) >= 11 is 0. The lowest BCUT2D eigenvalue weighted by atomic mass is 9.97. The third kappa shape index (κ3) is 2.28. The summed E-state index contributed by atoms with van der Waals surface area (Å²) in [6.45, 7) is 5.42. The minimum Gasteiger partial charge on any atom is -0.411 e. The van der Waals surface area contributed by atoms with Gasteiger partial charge >= 0.3 is 0 Å². The lowest BCUT2D eigenvalue weighted by molar-refractivity contribution is 0.317. The van der Waals surface area contributed by atoms with Crippen LogP contribution >= 0.6 is 0 Å². The molecule has 0 bridgehead atoms. The van der Waals surface area contributed by atoms with Crippen molar-refractivity contribution in [3.05, 3.63) is 29.8 Å². The molecule has 3 heteroatoms. The maximum Gasteiger partial charge on any atom is 0.0906 e. The molecule has 0 aromatic heterocycles. The smallest absolute Gasteiger partial charge is 0.0906 e. The number of hydrogen-bond acceptors (Lipinski definition) is 3. The van der Waals surface area contributed by atoms with Crippen LogP contribution in [0.4, 0.5) is 5.69 Å². The molecule has 1 aliphatic heterocycles. The number of anilines is 1. The van der Waals surface area contributed by atoms with E-state index in [-0.39, 0.29) is 0 Å². The van der Waals surface area contributed by atoms with Crippen molar-refractivity contribution in [2.75, 3.05) is 11.4 Å². The summed E-state index contributed by atoms with van der Waals surface area (Å²) in [5.41, 5.74) is 3.08. The molecule has 17 heavy (non-hydrogen) atoms. The highest BCUT2D eigenvalue weighted by atomic mass is 16.4. The van der Waals surface area contributed by atoms with E-state index in [0.29, 0.717) is 6.04 Å². The van der Waals surface area contributed by atoms with Crippen molar-refractivity contribution < 1.29 is 5.21 Å². The van der Waals surface area contributed by atoms with Crippen molar-refractivity contribution in [3.8, 4) is 0 Å². The van der Waals surface area contributed by atoms with Gasteiger partial charge in [0.05, 0.1) is 5.71 Å². The molecule has 1 N–H and O–H groups in total. The molecule has 1 unspecified atom stereocenters. The maximum absolute atomic E-state index is 9.04. The fraction of sp³-hybridized carbons (Fsp3) is 0.500. The Hall–Kier alpha value is -1.51. The molecule has 2 rings (SSSR count). The largest absolute Gasteiger partial charge is 0.411 e. The van der Waals surface area contributed by atoms with Crippen LogP contribution in [0.2, 0.25) is 0 Å². The van der Waals surface area contributed by atoms with Crippen LogP contribution < -0.4 is 4.90 Å². The van der Waals surface area contributed by atoms with Crippen molar-refractivity contribution in [2.24, 2.45) is 5.16 Å². The van der Waals surface area contributed by atoms with Crippen LogP contribution in [-0.4, -0.2) is 23.5 Å². The van der Waals surface area contributed by atoms with Gasteiger partial charge in [0.1, 0.15) is 0 Å². The first-order valence-corrected chi connectivity index (χ1v) is 6.35. The minimum atomic E-state index is 0.543. The van der Waals surface area contributed by atoms with Crippen LogP contribution in [-0.2, 0) is 0 Å². The van der Waals surface area contributed by atoms with Gasteiger partial charge in [0.25, 0.3) is 0 Å². The molecule has 0 aliphatic carbocycles. The Balaban J connectivity index is 2.34. The van der Waals surface area contributed by atoms with Gasteiger partial charge in [0.15, 0.2) is 0 Å². The molecule has 1 aromatic carbocycles. The number of para-hydroxylation sites is 1. The first-order valence-electron chi connectivity index (χ1n) is 6.35. The van der Waals surface area contributed by atoms with Crippen LogP contribution in [0.3, 0.4) is 0 Å². The summed E-state index contributed by atoms with van der Waals surface area (Å²) in [5, 5.41) is 12.5. The van der Waals surface area contributed by atoms with E-state index in [1.54, 1.807) is 0 Å². The van der Waals surface area contributed by atoms with Gasteiger partial charge < -0.3 is 10.1 Å². The molecular weight excluding hydrogens is 212 g/mol. The van der Waals surface area contributed by atoms with E-state index in [1.807, 2.05) is 18.2 Å². The fourth-order valence-electron chi connectivity index (χ4n) is 2.58. The molecule has 92 valence electrons. The van der Waals surface area contributed by atoms with Gasteiger partial charge in [-0.25, -0.2) is 0 Å². The zero-order chi connectivity index (χ0) is 12.3. The van der Waals surface area contributed by atoms with Gasteiger partial charge in [-0.3, -0.25) is 0 Å². The van der Waals surface area contributed by atoms with Crippen LogP contribution in [0.5, 0.6) is 0 Å². The second kappa shape index (κ2) is 5.21. The Morgan fingerprint density at radius 2 is 2.18 bits per heavy atom. The molecule has 1 heterocycles. The number of nitrogens with zero attached hydrogens (tertiary/aromatic N) is 2. The van der Waals surface area contributed by atoms with Gasteiger partial charge in [-0.05, 0) is 19.4 Å². The Kier molecular flexibility index (Phi) is 3.67. The van der Waals surface area contributed by atoms with E-state index in [9.17, 15) is 0 Å². The molecule has 1 aliphatic rings. The molecule has 1 aromatic rings. The summed E-state index contributed by atoms with van der Waals surface area (Å²) in [7, 11) is 0. The minimum absolute atomic E-state index is 0.543. The summed E-state index contributed by atoms with van der Waals surface area (Å²) < 4.78 is 0. The van der Waals surface area contributed by atoms with Crippen molar-refractivity contribution in [1.82, 2.24) is 0 Å². The lowest BCUT2D eigenvalue weighted by Crippen LogP contribution is -2.39. The monoisotopic (exact) mass is 232 g/mol. The van der Waals surface area contributed by atoms with Crippen molar-refractivity contribution in [2.45, 2.75) is 39.2 Å². The molecule has 3 nitrogen and oxygen atoms in total. The summed E-state index contributed by atoms with van der Waals surface area (Å²) in [5.74, 6) is 0. The zero-order valence-electron chi connectivity index (χ0n) is 10.6. The molecule has 0 saturated carbocycles. The Labute approximate surface area is 103 Å². The summed E-state index contributed by atoms with van der Waals surface area (Å²) in [6.07, 6.45) is 3.21. The Morgan fingerprint density at radius 3 is 2.88 bits per heavy atom. The van der Waals surface area contributed by atoms with Gasteiger partial charge in [-0.1, -0.05) is 36.7 Å². The first-order chi connectivity index (χ1) is 8.27. The molecule has 0 saturated heterocycles.